The molecule has 3 heteroatoms. The Labute approximate surface area is 71.6 Å². The molecule has 1 aromatic rings. The molecular weight excluding hydrogens is 168 g/mol. The summed E-state index contributed by atoms with van der Waals surface area (Å²) >= 11 is 0. The van der Waals surface area contributed by atoms with E-state index in [0.29, 0.717) is 0 Å². The van der Waals surface area contributed by atoms with Crippen LogP contribution in [0.3, 0.4) is 0 Å². The van der Waals surface area contributed by atoms with E-state index in [1.54, 1.807) is 0 Å². The zero-order valence-corrected chi connectivity index (χ0v) is 9.56. The topological polar surface area (TPSA) is 13.1 Å². The van der Waals surface area contributed by atoms with E-state index in [0.717, 1.165) is 0 Å². The molecular formula is C8H14OSi2. The molecule has 1 aromatic heterocycles. The fraction of sp³-hybridized carbons (Fsp3) is 0.500. The maximum atomic E-state index is 5.70. The van der Waals surface area contributed by atoms with Crippen LogP contribution in [0.5, 0.6) is 0 Å². The molecule has 0 N–H and O–H groups in total. The summed E-state index contributed by atoms with van der Waals surface area (Å²) in [5, 5.41) is 2.44. The number of rotatable bonds is 2. The van der Waals surface area contributed by atoms with Crippen molar-refractivity contribution in [1.82, 2.24) is 0 Å². The monoisotopic (exact) mass is 182 g/mol. The Bertz CT molecular complexity index is 205. The van der Waals surface area contributed by atoms with Crippen molar-refractivity contribution in [2.24, 2.45) is 0 Å². The van der Waals surface area contributed by atoms with E-state index < -0.39 is 0 Å². The third kappa shape index (κ3) is 2.07. The lowest BCUT2D eigenvalue weighted by Gasteiger charge is -1.98. The molecule has 11 heavy (non-hydrogen) atoms. The van der Waals surface area contributed by atoms with Gasteiger partial charge in [-0.2, -0.15) is 0 Å². The molecule has 0 aromatic carbocycles. The lowest BCUT2D eigenvalue weighted by Crippen LogP contribution is -2.25. The maximum Gasteiger partial charge on any atom is 0.127 e. The molecule has 0 aliphatic carbocycles. The van der Waals surface area contributed by atoms with E-state index in [4.69, 9.17) is 4.42 Å². The molecule has 0 bridgehead atoms. The van der Waals surface area contributed by atoms with Crippen LogP contribution in [0.15, 0.2) is 16.5 Å². The van der Waals surface area contributed by atoms with Gasteiger partial charge in [0.2, 0.25) is 0 Å². The third-order valence-electron chi connectivity index (χ3n) is 1.59. The van der Waals surface area contributed by atoms with Crippen molar-refractivity contribution in [1.29, 1.82) is 0 Å². The van der Waals surface area contributed by atoms with Crippen LogP contribution in [0, 0.1) is 0 Å². The standard InChI is InChI=1S/C8H14OSi2/c1-10(2)7-5-6-8(9-7)11(3)4/h5-6H,1-4H3. The summed E-state index contributed by atoms with van der Waals surface area (Å²) in [6.45, 7) is 9.02. The van der Waals surface area contributed by atoms with Crippen molar-refractivity contribution in [3.05, 3.63) is 12.1 Å². The highest BCUT2D eigenvalue weighted by atomic mass is 28.3. The smallest absolute Gasteiger partial charge is 0.127 e. The molecule has 0 amide bonds. The van der Waals surface area contributed by atoms with Crippen molar-refractivity contribution in [3.63, 3.8) is 0 Å². The lowest BCUT2D eigenvalue weighted by molar-refractivity contribution is 0.633. The molecule has 1 nitrogen and oxygen atoms in total. The number of furan rings is 1. The Morgan fingerprint density at radius 2 is 1.27 bits per heavy atom. The zero-order chi connectivity index (χ0) is 8.43. The normalized spacial score (nSPS) is 11.5. The van der Waals surface area contributed by atoms with Gasteiger partial charge >= 0.3 is 0 Å². The molecule has 0 atom stereocenters. The van der Waals surface area contributed by atoms with E-state index >= 15 is 0 Å². The maximum absolute atomic E-state index is 5.70. The molecule has 0 spiro atoms. The first-order valence-electron chi connectivity index (χ1n) is 3.82. The van der Waals surface area contributed by atoms with Crippen molar-refractivity contribution < 1.29 is 4.42 Å². The van der Waals surface area contributed by atoms with Crippen LogP contribution in [-0.4, -0.2) is 17.6 Å². The molecule has 0 unspecified atom stereocenters. The highest BCUT2D eigenvalue weighted by Crippen LogP contribution is 1.89. The first-order valence-corrected chi connectivity index (χ1v) is 8.82. The first kappa shape index (κ1) is 8.81. The van der Waals surface area contributed by atoms with Crippen LogP contribution in [-0.2, 0) is 0 Å². The van der Waals surface area contributed by atoms with Crippen LogP contribution >= 0.6 is 0 Å². The van der Waals surface area contributed by atoms with Gasteiger partial charge in [-0.15, -0.1) is 0 Å². The van der Waals surface area contributed by atoms with E-state index in [2.05, 4.69) is 38.3 Å². The average molecular weight is 182 g/mol. The highest BCUT2D eigenvalue weighted by Gasteiger charge is 2.09. The average Bonchev–Trinajstić information content (AvgIpc) is 2.33. The predicted octanol–water partition coefficient (Wildman–Crippen LogP) is 1.20. The summed E-state index contributed by atoms with van der Waals surface area (Å²) < 4.78 is 5.70. The minimum atomic E-state index is -0.375. The van der Waals surface area contributed by atoms with Crippen molar-refractivity contribution in [2.45, 2.75) is 26.2 Å². The molecule has 1 heterocycles. The van der Waals surface area contributed by atoms with Crippen LogP contribution in [0.1, 0.15) is 0 Å². The second-order valence-electron chi connectivity index (χ2n) is 3.16. The minimum Gasteiger partial charge on any atom is -0.477 e. The molecule has 0 saturated carbocycles. The van der Waals surface area contributed by atoms with E-state index in [1.165, 1.54) is 10.8 Å². The van der Waals surface area contributed by atoms with Crippen molar-refractivity contribution >= 4 is 28.4 Å². The van der Waals surface area contributed by atoms with E-state index in [1.807, 2.05) is 0 Å². The summed E-state index contributed by atoms with van der Waals surface area (Å²) in [5.74, 6) is 0. The highest BCUT2D eigenvalue weighted by molar-refractivity contribution is 6.72. The molecule has 60 valence electrons. The molecule has 2 radical (unpaired) electrons. The summed E-state index contributed by atoms with van der Waals surface area (Å²) in [6, 6.07) is 4.28. The van der Waals surface area contributed by atoms with Gasteiger partial charge in [-0.1, -0.05) is 26.2 Å². The second kappa shape index (κ2) is 3.41. The van der Waals surface area contributed by atoms with E-state index in [9.17, 15) is 0 Å². The Morgan fingerprint density at radius 3 is 1.45 bits per heavy atom. The molecule has 0 fully saturated rings. The van der Waals surface area contributed by atoms with Crippen LogP contribution in [0.25, 0.3) is 0 Å². The minimum absolute atomic E-state index is 0.375. The van der Waals surface area contributed by atoms with Gasteiger partial charge in [-0.05, 0) is 12.1 Å². The quantitative estimate of drug-likeness (QED) is 0.627. The van der Waals surface area contributed by atoms with Crippen molar-refractivity contribution in [3.8, 4) is 0 Å². The third-order valence-corrected chi connectivity index (χ3v) is 4.10. The summed E-state index contributed by atoms with van der Waals surface area (Å²) in [7, 11) is -0.749. The fourth-order valence-corrected chi connectivity index (χ4v) is 2.44. The van der Waals surface area contributed by atoms with Gasteiger partial charge in [0.1, 0.15) is 17.6 Å². The Morgan fingerprint density at radius 1 is 0.909 bits per heavy atom. The number of hydrogen-bond acceptors (Lipinski definition) is 1. The fourth-order valence-electron chi connectivity index (χ4n) is 0.875. The Kier molecular flexibility index (Phi) is 2.73. The summed E-state index contributed by atoms with van der Waals surface area (Å²) in [4.78, 5) is 0. The van der Waals surface area contributed by atoms with E-state index in [-0.39, 0.29) is 17.6 Å². The van der Waals surface area contributed by atoms with Gasteiger partial charge in [0, 0.05) is 0 Å². The second-order valence-corrected chi connectivity index (χ2v) is 8.15. The predicted molar refractivity (Wildman–Crippen MR) is 52.9 cm³/mol. The van der Waals surface area contributed by atoms with Gasteiger partial charge in [0.05, 0.1) is 10.8 Å². The molecule has 1 rings (SSSR count). The Balaban J connectivity index is 2.82. The van der Waals surface area contributed by atoms with Crippen LogP contribution in [0.2, 0.25) is 26.2 Å². The van der Waals surface area contributed by atoms with Gasteiger partial charge in [-0.25, -0.2) is 0 Å². The number of hydrogen-bond donors (Lipinski definition) is 0. The first-order chi connectivity index (χ1) is 5.11. The zero-order valence-electron chi connectivity index (χ0n) is 7.56. The summed E-state index contributed by atoms with van der Waals surface area (Å²) in [5.41, 5.74) is 0. The van der Waals surface area contributed by atoms with Gasteiger partial charge in [-0.3, -0.25) is 0 Å². The van der Waals surface area contributed by atoms with Gasteiger partial charge < -0.3 is 4.42 Å². The van der Waals surface area contributed by atoms with Gasteiger partial charge in [0.25, 0.3) is 0 Å². The molecule has 0 aliphatic rings. The largest absolute Gasteiger partial charge is 0.477 e. The Hall–Kier alpha value is -0.286. The SMILES string of the molecule is C[Si](C)c1ccc([Si](C)C)o1. The molecule has 0 aliphatic heterocycles. The van der Waals surface area contributed by atoms with Crippen LogP contribution < -0.4 is 10.8 Å². The summed E-state index contributed by atoms with van der Waals surface area (Å²) in [6.07, 6.45) is 0. The van der Waals surface area contributed by atoms with Crippen molar-refractivity contribution in [2.75, 3.05) is 0 Å². The lowest BCUT2D eigenvalue weighted by atomic mass is 10.7. The van der Waals surface area contributed by atoms with Crippen LogP contribution in [0.4, 0.5) is 0 Å². The molecule has 0 saturated heterocycles. The van der Waals surface area contributed by atoms with Gasteiger partial charge in [0.15, 0.2) is 0 Å².